The Hall–Kier alpha value is -2.37. The zero-order chi connectivity index (χ0) is 14.8. The summed E-state index contributed by atoms with van der Waals surface area (Å²) in [6, 6.07) is 3.76. The van der Waals surface area contributed by atoms with Crippen LogP contribution in [0.25, 0.3) is 0 Å². The number of anilines is 3. The smallest absolute Gasteiger partial charge is 0.151 e. The SMILES string of the molecule is Cc1cnc(C)c(N2CCN(c3ncccc3N)CC2)n1. The molecule has 6 heteroatoms. The Morgan fingerprint density at radius 1 is 1.00 bits per heavy atom. The Kier molecular flexibility index (Phi) is 3.60. The first-order valence-corrected chi connectivity index (χ1v) is 7.16. The van der Waals surface area contributed by atoms with Crippen molar-refractivity contribution in [1.82, 2.24) is 15.0 Å². The van der Waals surface area contributed by atoms with Crippen LogP contribution in [0.5, 0.6) is 0 Å². The molecular weight excluding hydrogens is 264 g/mol. The third kappa shape index (κ3) is 2.74. The van der Waals surface area contributed by atoms with Gasteiger partial charge in [0.1, 0.15) is 5.82 Å². The quantitative estimate of drug-likeness (QED) is 0.898. The molecule has 110 valence electrons. The van der Waals surface area contributed by atoms with Gasteiger partial charge in [0.25, 0.3) is 0 Å². The van der Waals surface area contributed by atoms with Crippen LogP contribution in [0.3, 0.4) is 0 Å². The molecule has 0 bridgehead atoms. The van der Waals surface area contributed by atoms with Gasteiger partial charge in [-0.05, 0) is 26.0 Å². The van der Waals surface area contributed by atoms with E-state index < -0.39 is 0 Å². The van der Waals surface area contributed by atoms with Gasteiger partial charge in [-0.25, -0.2) is 9.97 Å². The summed E-state index contributed by atoms with van der Waals surface area (Å²) in [5.41, 5.74) is 8.66. The topological polar surface area (TPSA) is 71.2 Å². The second kappa shape index (κ2) is 5.55. The van der Waals surface area contributed by atoms with E-state index in [1.54, 1.807) is 6.20 Å². The molecular formula is C15H20N6. The van der Waals surface area contributed by atoms with Crippen molar-refractivity contribution in [3.8, 4) is 0 Å². The molecule has 1 fully saturated rings. The molecule has 3 rings (SSSR count). The van der Waals surface area contributed by atoms with Crippen LogP contribution in [0, 0.1) is 13.8 Å². The fraction of sp³-hybridized carbons (Fsp3) is 0.400. The molecule has 0 unspecified atom stereocenters. The highest BCUT2D eigenvalue weighted by molar-refractivity contribution is 5.63. The second-order valence-corrected chi connectivity index (χ2v) is 5.31. The summed E-state index contributed by atoms with van der Waals surface area (Å²) in [6.45, 7) is 7.54. The number of rotatable bonds is 2. The summed E-state index contributed by atoms with van der Waals surface area (Å²) < 4.78 is 0. The number of nitrogens with two attached hydrogens (primary N) is 1. The monoisotopic (exact) mass is 284 g/mol. The molecule has 1 aliphatic rings. The van der Waals surface area contributed by atoms with Gasteiger partial charge in [-0.2, -0.15) is 0 Å². The maximum absolute atomic E-state index is 6.00. The fourth-order valence-corrected chi connectivity index (χ4v) is 2.63. The molecule has 2 aromatic heterocycles. The Labute approximate surface area is 124 Å². The number of nitrogens with zero attached hydrogens (tertiary/aromatic N) is 5. The van der Waals surface area contributed by atoms with Gasteiger partial charge in [-0.1, -0.05) is 0 Å². The summed E-state index contributed by atoms with van der Waals surface area (Å²) >= 11 is 0. The van der Waals surface area contributed by atoms with E-state index in [9.17, 15) is 0 Å². The van der Waals surface area contributed by atoms with Crippen molar-refractivity contribution >= 4 is 17.3 Å². The number of piperazine rings is 1. The lowest BCUT2D eigenvalue weighted by Crippen LogP contribution is -2.47. The van der Waals surface area contributed by atoms with Crippen molar-refractivity contribution in [2.75, 3.05) is 41.7 Å². The van der Waals surface area contributed by atoms with E-state index in [1.165, 1.54) is 0 Å². The van der Waals surface area contributed by atoms with Gasteiger partial charge < -0.3 is 15.5 Å². The molecule has 0 spiro atoms. The lowest BCUT2D eigenvalue weighted by Gasteiger charge is -2.36. The lowest BCUT2D eigenvalue weighted by atomic mass is 10.2. The molecule has 0 atom stereocenters. The number of aromatic nitrogens is 3. The van der Waals surface area contributed by atoms with Gasteiger partial charge in [0.15, 0.2) is 5.82 Å². The van der Waals surface area contributed by atoms with E-state index in [2.05, 4.69) is 24.8 Å². The normalized spacial score (nSPS) is 15.3. The molecule has 0 saturated carbocycles. The highest BCUT2D eigenvalue weighted by atomic mass is 15.3. The van der Waals surface area contributed by atoms with Crippen molar-refractivity contribution in [2.45, 2.75) is 13.8 Å². The largest absolute Gasteiger partial charge is 0.396 e. The standard InChI is InChI=1S/C15H20N6/c1-11-10-18-12(2)14(19-11)20-6-8-21(9-7-20)15-13(16)4-3-5-17-15/h3-5,10H,6-9,16H2,1-2H3. The molecule has 1 aliphatic heterocycles. The molecule has 2 aromatic rings. The van der Waals surface area contributed by atoms with E-state index in [4.69, 9.17) is 5.73 Å². The summed E-state index contributed by atoms with van der Waals surface area (Å²) in [6.07, 6.45) is 3.60. The summed E-state index contributed by atoms with van der Waals surface area (Å²) in [7, 11) is 0. The average Bonchev–Trinajstić information content (AvgIpc) is 2.50. The minimum atomic E-state index is 0.734. The predicted molar refractivity (Wildman–Crippen MR) is 84.6 cm³/mol. The molecule has 21 heavy (non-hydrogen) atoms. The van der Waals surface area contributed by atoms with Gasteiger partial charge in [0, 0.05) is 38.6 Å². The van der Waals surface area contributed by atoms with Crippen LogP contribution in [-0.2, 0) is 0 Å². The molecule has 0 radical (unpaired) electrons. The maximum Gasteiger partial charge on any atom is 0.151 e. The predicted octanol–water partition coefficient (Wildman–Crippen LogP) is 1.40. The molecule has 0 aromatic carbocycles. The van der Waals surface area contributed by atoms with E-state index >= 15 is 0 Å². The molecule has 0 aliphatic carbocycles. The average molecular weight is 284 g/mol. The number of nitrogen functional groups attached to an aromatic ring is 1. The molecule has 3 heterocycles. The van der Waals surface area contributed by atoms with E-state index in [1.807, 2.05) is 32.2 Å². The van der Waals surface area contributed by atoms with Crippen LogP contribution in [-0.4, -0.2) is 41.1 Å². The van der Waals surface area contributed by atoms with Gasteiger partial charge in [0.05, 0.1) is 17.1 Å². The van der Waals surface area contributed by atoms with E-state index in [-0.39, 0.29) is 0 Å². The minimum Gasteiger partial charge on any atom is -0.396 e. The van der Waals surface area contributed by atoms with Crippen molar-refractivity contribution in [1.29, 1.82) is 0 Å². The molecule has 2 N–H and O–H groups in total. The summed E-state index contributed by atoms with van der Waals surface area (Å²) in [5, 5.41) is 0. The maximum atomic E-state index is 6.00. The highest BCUT2D eigenvalue weighted by Gasteiger charge is 2.21. The van der Waals surface area contributed by atoms with Crippen molar-refractivity contribution in [3.63, 3.8) is 0 Å². The minimum absolute atomic E-state index is 0.734. The highest BCUT2D eigenvalue weighted by Crippen LogP contribution is 2.23. The number of hydrogen-bond acceptors (Lipinski definition) is 6. The molecule has 6 nitrogen and oxygen atoms in total. The summed E-state index contributed by atoms with van der Waals surface area (Å²) in [5.74, 6) is 1.87. The zero-order valence-electron chi connectivity index (χ0n) is 12.5. The van der Waals surface area contributed by atoms with Gasteiger partial charge in [-0.15, -0.1) is 0 Å². The van der Waals surface area contributed by atoms with Crippen molar-refractivity contribution in [2.24, 2.45) is 0 Å². The Bertz CT molecular complexity index is 634. The third-order valence-corrected chi connectivity index (χ3v) is 3.75. The number of hydrogen-bond donors (Lipinski definition) is 1. The number of aryl methyl sites for hydroxylation is 2. The zero-order valence-corrected chi connectivity index (χ0v) is 12.5. The van der Waals surface area contributed by atoms with Crippen LogP contribution in [0.4, 0.5) is 17.3 Å². The number of pyridine rings is 1. The first kappa shape index (κ1) is 13.6. The lowest BCUT2D eigenvalue weighted by molar-refractivity contribution is 0.638. The third-order valence-electron chi connectivity index (χ3n) is 3.75. The van der Waals surface area contributed by atoms with Gasteiger partial charge >= 0.3 is 0 Å². The van der Waals surface area contributed by atoms with E-state index in [0.717, 1.165) is 54.9 Å². The fourth-order valence-electron chi connectivity index (χ4n) is 2.63. The van der Waals surface area contributed by atoms with Crippen LogP contribution >= 0.6 is 0 Å². The Morgan fingerprint density at radius 3 is 2.33 bits per heavy atom. The van der Waals surface area contributed by atoms with Crippen LogP contribution in [0.1, 0.15) is 11.4 Å². The first-order valence-electron chi connectivity index (χ1n) is 7.16. The molecule has 0 amide bonds. The van der Waals surface area contributed by atoms with Crippen molar-refractivity contribution in [3.05, 3.63) is 35.9 Å². The Morgan fingerprint density at radius 2 is 1.67 bits per heavy atom. The second-order valence-electron chi connectivity index (χ2n) is 5.31. The first-order chi connectivity index (χ1) is 10.1. The van der Waals surface area contributed by atoms with Crippen LogP contribution in [0.15, 0.2) is 24.5 Å². The summed E-state index contributed by atoms with van der Waals surface area (Å²) in [4.78, 5) is 17.9. The van der Waals surface area contributed by atoms with Gasteiger partial charge in [0.2, 0.25) is 0 Å². The van der Waals surface area contributed by atoms with Gasteiger partial charge in [-0.3, -0.25) is 4.98 Å². The van der Waals surface area contributed by atoms with Crippen LogP contribution < -0.4 is 15.5 Å². The Balaban J connectivity index is 1.73. The van der Waals surface area contributed by atoms with Crippen molar-refractivity contribution < 1.29 is 0 Å². The van der Waals surface area contributed by atoms with E-state index in [0.29, 0.717) is 0 Å². The molecule has 1 saturated heterocycles. The van der Waals surface area contributed by atoms with Crippen LogP contribution in [0.2, 0.25) is 0 Å².